The van der Waals surface area contributed by atoms with E-state index < -0.39 is 0 Å². The number of benzene rings is 2. The van der Waals surface area contributed by atoms with Gasteiger partial charge in [-0.05, 0) is 24.3 Å². The molecule has 2 rings (SSSR count). The van der Waals surface area contributed by atoms with Gasteiger partial charge in [0.1, 0.15) is 0 Å². The van der Waals surface area contributed by atoms with Gasteiger partial charge in [0.25, 0.3) is 0 Å². The van der Waals surface area contributed by atoms with Crippen molar-refractivity contribution < 1.29 is 14.9 Å². The highest BCUT2D eigenvalue weighted by molar-refractivity contribution is 5.45. The molecule has 0 atom stereocenters. The summed E-state index contributed by atoms with van der Waals surface area (Å²) < 4.78 is 5.34. The van der Waals surface area contributed by atoms with Crippen LogP contribution in [0.15, 0.2) is 48.5 Å². The third-order valence-corrected chi connectivity index (χ3v) is 1.95. The summed E-state index contributed by atoms with van der Waals surface area (Å²) in [6.07, 6.45) is 0. The van der Waals surface area contributed by atoms with Gasteiger partial charge in [0.2, 0.25) is 0 Å². The van der Waals surface area contributed by atoms with E-state index in [0.717, 1.165) is 0 Å². The van der Waals surface area contributed by atoms with E-state index in [9.17, 15) is 10.2 Å². The zero-order chi connectivity index (χ0) is 10.7. The minimum atomic E-state index is 0.0424. The van der Waals surface area contributed by atoms with Gasteiger partial charge < -0.3 is 14.9 Å². The summed E-state index contributed by atoms with van der Waals surface area (Å²) >= 11 is 0. The van der Waals surface area contributed by atoms with Crippen LogP contribution in [0.3, 0.4) is 0 Å². The zero-order valence-electron chi connectivity index (χ0n) is 7.92. The normalized spacial score (nSPS) is 9.87. The van der Waals surface area contributed by atoms with Crippen molar-refractivity contribution in [3.8, 4) is 23.0 Å². The van der Waals surface area contributed by atoms with Gasteiger partial charge >= 0.3 is 0 Å². The predicted molar refractivity (Wildman–Crippen MR) is 56.3 cm³/mol. The van der Waals surface area contributed by atoms with Gasteiger partial charge in [-0.15, -0.1) is 0 Å². The minimum absolute atomic E-state index is 0.0424. The highest BCUT2D eigenvalue weighted by Gasteiger charge is 2.05. The van der Waals surface area contributed by atoms with Crippen LogP contribution in [0.1, 0.15) is 0 Å². The van der Waals surface area contributed by atoms with E-state index in [0.29, 0.717) is 11.5 Å². The van der Waals surface area contributed by atoms with Crippen molar-refractivity contribution >= 4 is 0 Å². The van der Waals surface area contributed by atoms with Crippen molar-refractivity contribution in [1.82, 2.24) is 0 Å². The molecule has 0 bridgehead atoms. The molecular weight excluding hydrogens is 192 g/mol. The highest BCUT2D eigenvalue weighted by atomic mass is 16.5. The summed E-state index contributed by atoms with van der Waals surface area (Å²) in [5, 5.41) is 18.9. The summed E-state index contributed by atoms with van der Waals surface area (Å²) in [4.78, 5) is 0. The van der Waals surface area contributed by atoms with Gasteiger partial charge in [-0.3, -0.25) is 0 Å². The second kappa shape index (κ2) is 3.92. The second-order valence-corrected chi connectivity index (χ2v) is 3.04. The van der Waals surface area contributed by atoms with Gasteiger partial charge in [-0.2, -0.15) is 0 Å². The molecule has 0 spiro atoms. The van der Waals surface area contributed by atoms with Crippen LogP contribution in [0, 0.1) is 0 Å². The first kappa shape index (κ1) is 9.40. The standard InChI is InChI=1S/C12H10O3/c13-9-5-1-3-7-11(9)15-12-8-4-2-6-10(12)14/h1-8,13-14H. The fraction of sp³-hybridized carbons (Fsp3) is 0. The van der Waals surface area contributed by atoms with Crippen LogP contribution in [0.4, 0.5) is 0 Å². The second-order valence-electron chi connectivity index (χ2n) is 3.04. The Balaban J connectivity index is 2.30. The van der Waals surface area contributed by atoms with Crippen molar-refractivity contribution in [2.45, 2.75) is 0 Å². The van der Waals surface area contributed by atoms with Crippen LogP contribution >= 0.6 is 0 Å². The largest absolute Gasteiger partial charge is 0.504 e. The Morgan fingerprint density at radius 1 is 0.667 bits per heavy atom. The van der Waals surface area contributed by atoms with Crippen LogP contribution in [-0.2, 0) is 0 Å². The maximum absolute atomic E-state index is 9.46. The summed E-state index contributed by atoms with van der Waals surface area (Å²) in [5.74, 6) is 0.722. The Hall–Kier alpha value is -2.16. The number of rotatable bonds is 2. The summed E-state index contributed by atoms with van der Waals surface area (Å²) in [6.45, 7) is 0. The maximum Gasteiger partial charge on any atom is 0.169 e. The minimum Gasteiger partial charge on any atom is -0.504 e. The monoisotopic (exact) mass is 202 g/mol. The summed E-state index contributed by atoms with van der Waals surface area (Å²) in [5.41, 5.74) is 0. The molecule has 2 aromatic rings. The van der Waals surface area contributed by atoms with E-state index in [1.165, 1.54) is 12.1 Å². The molecule has 0 radical (unpaired) electrons. The Kier molecular flexibility index (Phi) is 2.46. The predicted octanol–water partition coefficient (Wildman–Crippen LogP) is 2.89. The highest BCUT2D eigenvalue weighted by Crippen LogP contribution is 2.34. The number of phenols is 2. The van der Waals surface area contributed by atoms with Gasteiger partial charge in [0.05, 0.1) is 0 Å². The number of ether oxygens (including phenoxy) is 1. The lowest BCUT2D eigenvalue weighted by molar-refractivity contribution is 0.385. The Morgan fingerprint density at radius 3 is 1.47 bits per heavy atom. The molecule has 0 saturated carbocycles. The number of hydrogen-bond donors (Lipinski definition) is 2. The molecular formula is C12H10O3. The molecule has 2 N–H and O–H groups in total. The zero-order valence-corrected chi connectivity index (χ0v) is 7.92. The van der Waals surface area contributed by atoms with Crippen LogP contribution in [0.25, 0.3) is 0 Å². The summed E-state index contributed by atoms with van der Waals surface area (Å²) in [7, 11) is 0. The third kappa shape index (κ3) is 2.02. The van der Waals surface area contributed by atoms with E-state index in [1.807, 2.05) is 0 Å². The Labute approximate surface area is 87.2 Å². The van der Waals surface area contributed by atoms with Crippen LogP contribution in [0.5, 0.6) is 23.0 Å². The first-order valence-corrected chi connectivity index (χ1v) is 4.51. The average molecular weight is 202 g/mol. The first-order chi connectivity index (χ1) is 7.27. The SMILES string of the molecule is Oc1ccccc1Oc1ccccc1O. The number of hydrogen-bond acceptors (Lipinski definition) is 3. The Bertz CT molecular complexity index is 422. The lowest BCUT2D eigenvalue weighted by atomic mass is 10.3. The molecule has 0 aliphatic rings. The number of para-hydroxylation sites is 4. The third-order valence-electron chi connectivity index (χ3n) is 1.95. The van der Waals surface area contributed by atoms with E-state index in [-0.39, 0.29) is 11.5 Å². The van der Waals surface area contributed by atoms with Crippen molar-refractivity contribution in [3.05, 3.63) is 48.5 Å². The molecule has 0 fully saturated rings. The number of aromatic hydroxyl groups is 2. The fourth-order valence-electron chi connectivity index (χ4n) is 1.21. The van der Waals surface area contributed by atoms with Crippen LogP contribution < -0.4 is 4.74 Å². The van der Waals surface area contributed by atoms with Gasteiger partial charge in [0, 0.05) is 0 Å². The molecule has 76 valence electrons. The van der Waals surface area contributed by atoms with E-state index in [1.54, 1.807) is 36.4 Å². The molecule has 0 unspecified atom stereocenters. The Morgan fingerprint density at radius 2 is 1.07 bits per heavy atom. The summed E-state index contributed by atoms with van der Waals surface area (Å²) in [6, 6.07) is 13.2. The van der Waals surface area contributed by atoms with Crippen molar-refractivity contribution in [1.29, 1.82) is 0 Å². The number of phenolic OH excluding ortho intramolecular Hbond substituents is 2. The molecule has 3 nitrogen and oxygen atoms in total. The van der Waals surface area contributed by atoms with Crippen LogP contribution in [0.2, 0.25) is 0 Å². The van der Waals surface area contributed by atoms with Gasteiger partial charge in [-0.1, -0.05) is 24.3 Å². The van der Waals surface area contributed by atoms with Gasteiger partial charge in [0.15, 0.2) is 23.0 Å². The van der Waals surface area contributed by atoms with Gasteiger partial charge in [-0.25, -0.2) is 0 Å². The molecule has 0 aliphatic carbocycles. The molecule has 0 amide bonds. The average Bonchev–Trinajstić information content (AvgIpc) is 2.24. The fourth-order valence-corrected chi connectivity index (χ4v) is 1.21. The molecule has 0 heterocycles. The van der Waals surface area contributed by atoms with E-state index in [2.05, 4.69) is 0 Å². The smallest absolute Gasteiger partial charge is 0.169 e. The lowest BCUT2D eigenvalue weighted by Crippen LogP contribution is -1.84. The quantitative estimate of drug-likeness (QED) is 0.787. The van der Waals surface area contributed by atoms with Crippen molar-refractivity contribution in [2.24, 2.45) is 0 Å². The molecule has 0 aromatic heterocycles. The maximum atomic E-state index is 9.46. The molecule has 15 heavy (non-hydrogen) atoms. The van der Waals surface area contributed by atoms with Crippen LogP contribution in [-0.4, -0.2) is 10.2 Å². The lowest BCUT2D eigenvalue weighted by Gasteiger charge is -2.08. The van der Waals surface area contributed by atoms with Crippen molar-refractivity contribution in [2.75, 3.05) is 0 Å². The molecule has 3 heteroatoms. The first-order valence-electron chi connectivity index (χ1n) is 4.51. The molecule has 0 saturated heterocycles. The van der Waals surface area contributed by atoms with E-state index >= 15 is 0 Å². The van der Waals surface area contributed by atoms with E-state index in [4.69, 9.17) is 4.74 Å². The molecule has 0 aliphatic heterocycles. The van der Waals surface area contributed by atoms with Crippen molar-refractivity contribution in [3.63, 3.8) is 0 Å². The topological polar surface area (TPSA) is 49.7 Å². The molecule has 2 aromatic carbocycles.